The molecule has 1 heterocycles. The molecule has 0 aromatic heterocycles. The van der Waals surface area contributed by atoms with Crippen molar-refractivity contribution in [1.29, 1.82) is 0 Å². The van der Waals surface area contributed by atoms with Crippen molar-refractivity contribution in [3.63, 3.8) is 0 Å². The lowest BCUT2D eigenvalue weighted by atomic mass is 9.88. The summed E-state index contributed by atoms with van der Waals surface area (Å²) in [4.78, 5) is 11.5. The molecule has 0 aromatic rings. The maximum Gasteiger partial charge on any atom is 0.322 e. The van der Waals surface area contributed by atoms with Gasteiger partial charge >= 0.3 is 5.97 Å². The van der Waals surface area contributed by atoms with Gasteiger partial charge in [-0.05, 0) is 45.1 Å². The zero-order valence-corrected chi connectivity index (χ0v) is 11.6. The first-order chi connectivity index (χ1) is 8.72. The van der Waals surface area contributed by atoms with Gasteiger partial charge in [0.05, 0.1) is 7.11 Å². The number of hydrogen-bond acceptors (Lipinski definition) is 4. The molecule has 2 fully saturated rings. The summed E-state index contributed by atoms with van der Waals surface area (Å²) in [6.45, 7) is 3.05. The molecule has 2 rings (SSSR count). The molecule has 0 radical (unpaired) electrons. The summed E-state index contributed by atoms with van der Waals surface area (Å²) < 4.78 is 4.79. The summed E-state index contributed by atoms with van der Waals surface area (Å²) in [5.74, 6) is 0.523. The number of hydrogen-bond donors (Lipinski definition) is 2. The van der Waals surface area contributed by atoms with Crippen LogP contribution in [0.15, 0.2) is 0 Å². The summed E-state index contributed by atoms with van der Waals surface area (Å²) in [5, 5.41) is 7.11. The number of methoxy groups -OCH3 is 1. The highest BCUT2D eigenvalue weighted by Crippen LogP contribution is 2.32. The van der Waals surface area contributed by atoms with Crippen LogP contribution >= 0.6 is 0 Å². The molecule has 4 heteroatoms. The molecule has 2 N–H and O–H groups in total. The third-order valence-corrected chi connectivity index (χ3v) is 4.45. The number of ether oxygens (including phenoxy) is 1. The Labute approximate surface area is 110 Å². The van der Waals surface area contributed by atoms with Crippen LogP contribution in [0.3, 0.4) is 0 Å². The second kappa shape index (κ2) is 6.53. The van der Waals surface area contributed by atoms with E-state index in [-0.39, 0.29) is 12.0 Å². The Bertz CT molecular complexity index is 277. The number of carbonyl (C=O) groups is 1. The van der Waals surface area contributed by atoms with Crippen molar-refractivity contribution in [2.75, 3.05) is 13.7 Å². The molecule has 1 saturated carbocycles. The zero-order chi connectivity index (χ0) is 13.0. The van der Waals surface area contributed by atoms with Gasteiger partial charge in [0.15, 0.2) is 0 Å². The molecule has 1 saturated heterocycles. The Morgan fingerprint density at radius 3 is 2.78 bits per heavy atom. The van der Waals surface area contributed by atoms with Gasteiger partial charge in [-0.3, -0.25) is 4.79 Å². The fourth-order valence-corrected chi connectivity index (χ4v) is 3.49. The molecular weight excluding hydrogens is 228 g/mol. The molecule has 0 aromatic carbocycles. The fraction of sp³-hybridized carbons (Fsp3) is 0.929. The van der Waals surface area contributed by atoms with E-state index in [4.69, 9.17) is 4.74 Å². The zero-order valence-electron chi connectivity index (χ0n) is 11.6. The van der Waals surface area contributed by atoms with E-state index < -0.39 is 0 Å². The van der Waals surface area contributed by atoms with Crippen LogP contribution in [0.2, 0.25) is 0 Å². The summed E-state index contributed by atoms with van der Waals surface area (Å²) in [7, 11) is 1.45. The van der Waals surface area contributed by atoms with Crippen molar-refractivity contribution in [3.05, 3.63) is 0 Å². The van der Waals surface area contributed by atoms with Crippen LogP contribution in [0, 0.1) is 5.92 Å². The molecule has 4 atom stereocenters. The Hall–Kier alpha value is -0.610. The molecule has 1 aliphatic heterocycles. The first-order valence-corrected chi connectivity index (χ1v) is 7.29. The normalized spacial score (nSPS) is 34.2. The van der Waals surface area contributed by atoms with Gasteiger partial charge < -0.3 is 15.4 Å². The van der Waals surface area contributed by atoms with Gasteiger partial charge in [-0.25, -0.2) is 0 Å². The fourth-order valence-electron chi connectivity index (χ4n) is 3.49. The van der Waals surface area contributed by atoms with Crippen molar-refractivity contribution in [2.45, 2.75) is 63.6 Å². The monoisotopic (exact) mass is 254 g/mol. The van der Waals surface area contributed by atoms with Crippen LogP contribution in [0.4, 0.5) is 0 Å². The van der Waals surface area contributed by atoms with Gasteiger partial charge in [-0.1, -0.05) is 12.8 Å². The topological polar surface area (TPSA) is 50.4 Å². The Kier molecular flexibility index (Phi) is 5.01. The third-order valence-electron chi connectivity index (χ3n) is 4.45. The summed E-state index contributed by atoms with van der Waals surface area (Å²) in [6.07, 6.45) is 7.67. The van der Waals surface area contributed by atoms with E-state index in [0.717, 1.165) is 6.54 Å². The first kappa shape index (κ1) is 13.8. The largest absolute Gasteiger partial charge is 0.468 e. The number of rotatable bonds is 4. The summed E-state index contributed by atoms with van der Waals surface area (Å²) >= 11 is 0. The van der Waals surface area contributed by atoms with Gasteiger partial charge in [0.1, 0.15) is 6.04 Å². The van der Waals surface area contributed by atoms with E-state index in [9.17, 15) is 4.79 Å². The van der Waals surface area contributed by atoms with Crippen LogP contribution in [0.1, 0.15) is 45.4 Å². The number of nitrogens with one attached hydrogen (secondary N) is 2. The molecule has 104 valence electrons. The quantitative estimate of drug-likeness (QED) is 0.746. The molecule has 18 heavy (non-hydrogen) atoms. The van der Waals surface area contributed by atoms with Gasteiger partial charge in [0.2, 0.25) is 0 Å². The van der Waals surface area contributed by atoms with E-state index in [0.29, 0.717) is 18.0 Å². The summed E-state index contributed by atoms with van der Waals surface area (Å²) in [5.41, 5.74) is 0. The van der Waals surface area contributed by atoms with Gasteiger partial charge in [-0.2, -0.15) is 0 Å². The Morgan fingerprint density at radius 1 is 1.28 bits per heavy atom. The molecule has 0 amide bonds. The standard InChI is InChI=1S/C14H26N2O2/c1-10(14(17)18-2)16-13-8-5-6-11(13)12-7-3-4-9-15-12/h10-13,15-16H,3-9H2,1-2H3. The minimum atomic E-state index is -0.191. The van der Waals surface area contributed by atoms with Crippen molar-refractivity contribution in [3.8, 4) is 0 Å². The molecule has 4 nitrogen and oxygen atoms in total. The lowest BCUT2D eigenvalue weighted by molar-refractivity contribution is -0.142. The van der Waals surface area contributed by atoms with Crippen LogP contribution in [0.25, 0.3) is 0 Å². The lowest BCUT2D eigenvalue weighted by Crippen LogP contribution is -2.50. The summed E-state index contributed by atoms with van der Waals surface area (Å²) in [6, 6.07) is 0.919. The van der Waals surface area contributed by atoms with Crippen molar-refractivity contribution >= 4 is 5.97 Å². The molecule has 0 spiro atoms. The van der Waals surface area contributed by atoms with E-state index in [1.165, 1.54) is 45.6 Å². The van der Waals surface area contributed by atoms with Crippen LogP contribution in [-0.2, 0) is 9.53 Å². The predicted molar refractivity (Wildman–Crippen MR) is 71.4 cm³/mol. The van der Waals surface area contributed by atoms with Gasteiger partial charge in [0, 0.05) is 12.1 Å². The number of carbonyl (C=O) groups excluding carboxylic acids is 1. The highest BCUT2D eigenvalue weighted by Gasteiger charge is 2.35. The average Bonchev–Trinajstić information content (AvgIpc) is 2.86. The highest BCUT2D eigenvalue weighted by molar-refractivity contribution is 5.75. The van der Waals surface area contributed by atoms with Crippen LogP contribution < -0.4 is 10.6 Å². The minimum absolute atomic E-state index is 0.155. The Balaban J connectivity index is 1.88. The maximum atomic E-state index is 11.5. The SMILES string of the molecule is COC(=O)C(C)NC1CCCC1C1CCCCN1. The highest BCUT2D eigenvalue weighted by atomic mass is 16.5. The smallest absolute Gasteiger partial charge is 0.322 e. The first-order valence-electron chi connectivity index (χ1n) is 7.29. The maximum absolute atomic E-state index is 11.5. The third kappa shape index (κ3) is 3.23. The number of piperidine rings is 1. The molecule has 4 unspecified atom stereocenters. The number of esters is 1. The van der Waals surface area contributed by atoms with Crippen LogP contribution in [-0.4, -0.2) is 37.7 Å². The molecule has 2 aliphatic rings. The molecule has 1 aliphatic carbocycles. The molecule has 0 bridgehead atoms. The second-order valence-corrected chi connectivity index (χ2v) is 5.67. The average molecular weight is 254 g/mol. The van der Waals surface area contributed by atoms with Gasteiger partial charge in [0.25, 0.3) is 0 Å². The Morgan fingerprint density at radius 2 is 2.11 bits per heavy atom. The van der Waals surface area contributed by atoms with Crippen LogP contribution in [0.5, 0.6) is 0 Å². The van der Waals surface area contributed by atoms with Crippen molar-refractivity contribution < 1.29 is 9.53 Å². The minimum Gasteiger partial charge on any atom is -0.468 e. The van der Waals surface area contributed by atoms with E-state index in [1.54, 1.807) is 0 Å². The lowest BCUT2D eigenvalue weighted by Gasteiger charge is -2.34. The van der Waals surface area contributed by atoms with E-state index in [2.05, 4.69) is 10.6 Å². The van der Waals surface area contributed by atoms with E-state index in [1.807, 2.05) is 6.92 Å². The van der Waals surface area contributed by atoms with Crippen molar-refractivity contribution in [2.24, 2.45) is 5.92 Å². The molecular formula is C14H26N2O2. The van der Waals surface area contributed by atoms with E-state index >= 15 is 0 Å². The van der Waals surface area contributed by atoms with Crippen molar-refractivity contribution in [1.82, 2.24) is 10.6 Å². The van der Waals surface area contributed by atoms with Gasteiger partial charge in [-0.15, -0.1) is 0 Å². The second-order valence-electron chi connectivity index (χ2n) is 5.67. The predicted octanol–water partition coefficient (Wildman–Crippen LogP) is 1.45.